The maximum Gasteiger partial charge on any atom is 0.305 e. The number of carboxylic acids is 1. The third kappa shape index (κ3) is 4.03. The maximum atomic E-state index is 10.8. The summed E-state index contributed by atoms with van der Waals surface area (Å²) in [6.45, 7) is 3.80. The summed E-state index contributed by atoms with van der Waals surface area (Å²) in [6.07, 6.45) is -0.212. The number of benzene rings is 1. The van der Waals surface area contributed by atoms with Crippen molar-refractivity contribution in [2.24, 2.45) is 5.73 Å². The maximum absolute atomic E-state index is 10.8. The van der Waals surface area contributed by atoms with E-state index in [1.165, 1.54) is 14.2 Å². The van der Waals surface area contributed by atoms with Gasteiger partial charge in [-0.3, -0.25) is 4.79 Å². The first-order chi connectivity index (χ1) is 9.38. The number of hydrogen-bond donors (Lipinski definition) is 2. The van der Waals surface area contributed by atoms with Crippen molar-refractivity contribution in [3.8, 4) is 17.2 Å². The van der Waals surface area contributed by atoms with Crippen LogP contribution in [-0.2, 0) is 4.79 Å². The zero-order valence-corrected chi connectivity index (χ0v) is 12.2. The van der Waals surface area contributed by atoms with Crippen molar-refractivity contribution in [1.82, 2.24) is 0 Å². The minimum absolute atomic E-state index is 0.0212. The second-order valence-corrected chi connectivity index (χ2v) is 4.62. The average molecular weight is 283 g/mol. The van der Waals surface area contributed by atoms with E-state index in [1.807, 2.05) is 13.8 Å². The Hall–Kier alpha value is -1.95. The van der Waals surface area contributed by atoms with Gasteiger partial charge in [-0.15, -0.1) is 0 Å². The molecule has 0 aromatic heterocycles. The third-order valence-corrected chi connectivity index (χ3v) is 2.67. The molecular weight excluding hydrogens is 262 g/mol. The van der Waals surface area contributed by atoms with E-state index in [0.29, 0.717) is 22.8 Å². The van der Waals surface area contributed by atoms with Crippen LogP contribution in [0.4, 0.5) is 0 Å². The highest BCUT2D eigenvalue weighted by Gasteiger charge is 2.19. The van der Waals surface area contributed by atoms with Gasteiger partial charge in [0.05, 0.1) is 26.7 Å². The van der Waals surface area contributed by atoms with Crippen molar-refractivity contribution in [2.75, 3.05) is 14.2 Å². The van der Waals surface area contributed by atoms with Gasteiger partial charge in [0.1, 0.15) is 5.75 Å². The van der Waals surface area contributed by atoms with Gasteiger partial charge in [0.15, 0.2) is 11.5 Å². The van der Waals surface area contributed by atoms with Gasteiger partial charge < -0.3 is 25.1 Å². The summed E-state index contributed by atoms with van der Waals surface area (Å²) in [6, 6.07) is 2.64. The minimum Gasteiger partial charge on any atom is -0.496 e. The van der Waals surface area contributed by atoms with Crippen molar-refractivity contribution in [1.29, 1.82) is 0 Å². The predicted molar refractivity (Wildman–Crippen MR) is 74.5 cm³/mol. The van der Waals surface area contributed by atoms with Crippen LogP contribution < -0.4 is 19.9 Å². The molecule has 1 atom stereocenters. The zero-order chi connectivity index (χ0) is 15.3. The Morgan fingerprint density at radius 1 is 1.20 bits per heavy atom. The molecule has 0 amide bonds. The molecule has 0 heterocycles. The van der Waals surface area contributed by atoms with Gasteiger partial charge in [-0.1, -0.05) is 0 Å². The number of carboxylic acid groups (broad SMARTS) is 1. The lowest BCUT2D eigenvalue weighted by atomic mass is 10.0. The molecule has 3 N–H and O–H groups in total. The topological polar surface area (TPSA) is 91.0 Å². The summed E-state index contributed by atoms with van der Waals surface area (Å²) in [5, 5.41) is 8.83. The predicted octanol–water partition coefficient (Wildman–Crippen LogP) is 1.97. The lowest BCUT2D eigenvalue weighted by Gasteiger charge is -2.19. The van der Waals surface area contributed by atoms with Gasteiger partial charge in [0, 0.05) is 17.7 Å². The van der Waals surface area contributed by atoms with E-state index in [1.54, 1.807) is 12.1 Å². The standard InChI is InChI=1S/C14H21NO5/c1-8(2)20-13-7-11(18-3)9(5-12(13)19-4)10(15)6-14(16)17/h5,7-8,10H,6,15H2,1-4H3,(H,16,17). The molecule has 0 aliphatic rings. The molecular formula is C14H21NO5. The third-order valence-electron chi connectivity index (χ3n) is 2.67. The van der Waals surface area contributed by atoms with Crippen LogP contribution in [0.3, 0.4) is 0 Å². The minimum atomic E-state index is -0.971. The molecule has 0 saturated heterocycles. The van der Waals surface area contributed by atoms with E-state index < -0.39 is 12.0 Å². The largest absolute Gasteiger partial charge is 0.496 e. The Balaban J connectivity index is 3.21. The first-order valence-electron chi connectivity index (χ1n) is 6.29. The number of hydrogen-bond acceptors (Lipinski definition) is 5. The smallest absolute Gasteiger partial charge is 0.305 e. The summed E-state index contributed by atoms with van der Waals surface area (Å²) in [4.78, 5) is 10.8. The summed E-state index contributed by atoms with van der Waals surface area (Å²) in [5.41, 5.74) is 6.46. The summed E-state index contributed by atoms with van der Waals surface area (Å²) in [5.74, 6) is 0.539. The molecule has 0 aliphatic heterocycles. The van der Waals surface area contributed by atoms with E-state index in [4.69, 9.17) is 25.1 Å². The Labute approximate surface area is 118 Å². The van der Waals surface area contributed by atoms with Crippen LogP contribution in [0.1, 0.15) is 31.9 Å². The highest BCUT2D eigenvalue weighted by molar-refractivity contribution is 5.68. The number of rotatable bonds is 7. The molecule has 0 radical (unpaired) electrons. The molecule has 0 aliphatic carbocycles. The van der Waals surface area contributed by atoms with Crippen LogP contribution in [0.15, 0.2) is 12.1 Å². The van der Waals surface area contributed by atoms with Crippen LogP contribution in [0.5, 0.6) is 17.2 Å². The Kier molecular flexibility index (Phi) is 5.64. The molecule has 1 aromatic rings. The van der Waals surface area contributed by atoms with Crippen LogP contribution in [0.25, 0.3) is 0 Å². The molecule has 6 heteroatoms. The molecule has 0 saturated carbocycles. The monoisotopic (exact) mass is 283 g/mol. The molecule has 0 spiro atoms. The van der Waals surface area contributed by atoms with Crippen molar-refractivity contribution in [3.05, 3.63) is 17.7 Å². The Bertz CT molecular complexity index is 473. The molecule has 1 aromatic carbocycles. The summed E-state index contributed by atoms with van der Waals surface area (Å²) >= 11 is 0. The molecule has 1 rings (SSSR count). The van der Waals surface area contributed by atoms with Gasteiger partial charge in [0.25, 0.3) is 0 Å². The van der Waals surface area contributed by atoms with Crippen LogP contribution in [-0.4, -0.2) is 31.4 Å². The Morgan fingerprint density at radius 3 is 2.25 bits per heavy atom. The van der Waals surface area contributed by atoms with E-state index in [2.05, 4.69) is 0 Å². The number of methoxy groups -OCH3 is 2. The molecule has 6 nitrogen and oxygen atoms in total. The van der Waals surface area contributed by atoms with Crippen molar-refractivity contribution in [3.63, 3.8) is 0 Å². The first kappa shape index (κ1) is 16.1. The van der Waals surface area contributed by atoms with Gasteiger partial charge in [0.2, 0.25) is 0 Å². The molecule has 0 bridgehead atoms. The zero-order valence-electron chi connectivity index (χ0n) is 12.2. The number of ether oxygens (including phenoxy) is 3. The van der Waals surface area contributed by atoms with Crippen LogP contribution in [0, 0.1) is 0 Å². The van der Waals surface area contributed by atoms with Crippen molar-refractivity contribution < 1.29 is 24.1 Å². The highest BCUT2D eigenvalue weighted by atomic mass is 16.5. The van der Waals surface area contributed by atoms with Crippen LogP contribution >= 0.6 is 0 Å². The number of nitrogens with two attached hydrogens (primary N) is 1. The van der Waals surface area contributed by atoms with Gasteiger partial charge in [-0.2, -0.15) is 0 Å². The van der Waals surface area contributed by atoms with Gasteiger partial charge in [-0.05, 0) is 19.9 Å². The normalized spacial score (nSPS) is 12.1. The van der Waals surface area contributed by atoms with E-state index in [-0.39, 0.29) is 12.5 Å². The quantitative estimate of drug-likeness (QED) is 0.795. The molecule has 1 unspecified atom stereocenters. The van der Waals surface area contributed by atoms with Crippen LogP contribution in [0.2, 0.25) is 0 Å². The second kappa shape index (κ2) is 7.00. The van der Waals surface area contributed by atoms with Gasteiger partial charge in [-0.25, -0.2) is 0 Å². The fourth-order valence-corrected chi connectivity index (χ4v) is 1.83. The second-order valence-electron chi connectivity index (χ2n) is 4.62. The molecule has 112 valence electrons. The lowest BCUT2D eigenvalue weighted by molar-refractivity contribution is -0.137. The van der Waals surface area contributed by atoms with Crippen molar-refractivity contribution >= 4 is 5.97 Å². The Morgan fingerprint density at radius 2 is 1.80 bits per heavy atom. The number of carbonyl (C=O) groups is 1. The summed E-state index contributed by atoms with van der Waals surface area (Å²) in [7, 11) is 3.01. The average Bonchev–Trinajstić information content (AvgIpc) is 2.36. The molecule has 20 heavy (non-hydrogen) atoms. The highest BCUT2D eigenvalue weighted by Crippen LogP contribution is 2.38. The first-order valence-corrected chi connectivity index (χ1v) is 6.29. The number of aliphatic carboxylic acids is 1. The fraction of sp³-hybridized carbons (Fsp3) is 0.500. The van der Waals surface area contributed by atoms with E-state index in [0.717, 1.165) is 0 Å². The van der Waals surface area contributed by atoms with Crippen molar-refractivity contribution in [2.45, 2.75) is 32.4 Å². The summed E-state index contributed by atoms with van der Waals surface area (Å²) < 4.78 is 16.2. The van der Waals surface area contributed by atoms with Gasteiger partial charge >= 0.3 is 5.97 Å². The van der Waals surface area contributed by atoms with E-state index in [9.17, 15) is 4.79 Å². The fourth-order valence-electron chi connectivity index (χ4n) is 1.83. The molecule has 0 fully saturated rings. The lowest BCUT2D eigenvalue weighted by Crippen LogP contribution is -2.16. The SMILES string of the molecule is COc1cc(C(N)CC(=O)O)c(OC)cc1OC(C)C. The van der Waals surface area contributed by atoms with E-state index >= 15 is 0 Å².